The molecule has 1 atom stereocenters. The van der Waals surface area contributed by atoms with Crippen LogP contribution in [0.3, 0.4) is 0 Å². The fourth-order valence-corrected chi connectivity index (χ4v) is 2.11. The molecule has 19 heavy (non-hydrogen) atoms. The van der Waals surface area contributed by atoms with Crippen molar-refractivity contribution in [3.63, 3.8) is 0 Å². The first kappa shape index (κ1) is 15.8. The van der Waals surface area contributed by atoms with E-state index in [0.29, 0.717) is 0 Å². The van der Waals surface area contributed by atoms with Crippen LogP contribution < -0.4 is 5.32 Å². The number of alkyl carbamates (subject to hydrolysis) is 1. The van der Waals surface area contributed by atoms with Gasteiger partial charge in [0, 0.05) is 13.1 Å². The highest BCUT2D eigenvalue weighted by atomic mass is 16.6. The standard InChI is InChI=1S/C13H24N2O4/c1-13(2,3)19-12(18)14-10(9-11(16)17)15-7-5-4-6-8-15/h10H,4-9H2,1-3H3,(H,14,18)(H,16,17). The summed E-state index contributed by atoms with van der Waals surface area (Å²) in [6.45, 7) is 6.96. The average molecular weight is 272 g/mol. The maximum absolute atomic E-state index is 11.7. The Morgan fingerprint density at radius 2 is 1.84 bits per heavy atom. The monoisotopic (exact) mass is 272 g/mol. The van der Waals surface area contributed by atoms with Gasteiger partial charge in [-0.2, -0.15) is 0 Å². The van der Waals surface area contributed by atoms with Gasteiger partial charge in [0.2, 0.25) is 0 Å². The summed E-state index contributed by atoms with van der Waals surface area (Å²) in [4.78, 5) is 24.6. The minimum atomic E-state index is -0.924. The first-order chi connectivity index (χ1) is 8.78. The molecule has 1 heterocycles. The number of likely N-dealkylation sites (tertiary alicyclic amines) is 1. The third kappa shape index (κ3) is 6.42. The lowest BCUT2D eigenvalue weighted by Crippen LogP contribution is -2.52. The molecule has 0 saturated carbocycles. The fourth-order valence-electron chi connectivity index (χ4n) is 2.11. The smallest absolute Gasteiger partial charge is 0.408 e. The summed E-state index contributed by atoms with van der Waals surface area (Å²) in [5, 5.41) is 11.6. The van der Waals surface area contributed by atoms with Crippen molar-refractivity contribution in [2.45, 2.75) is 58.2 Å². The first-order valence-corrected chi connectivity index (χ1v) is 6.73. The minimum Gasteiger partial charge on any atom is -0.481 e. The van der Waals surface area contributed by atoms with Crippen molar-refractivity contribution in [3.8, 4) is 0 Å². The molecule has 1 fully saturated rings. The number of piperidine rings is 1. The number of carboxylic acids is 1. The lowest BCUT2D eigenvalue weighted by molar-refractivity contribution is -0.138. The molecule has 2 N–H and O–H groups in total. The third-order valence-electron chi connectivity index (χ3n) is 2.88. The number of aliphatic carboxylic acids is 1. The van der Waals surface area contributed by atoms with Crippen molar-refractivity contribution in [3.05, 3.63) is 0 Å². The van der Waals surface area contributed by atoms with E-state index in [-0.39, 0.29) is 6.42 Å². The molecule has 0 aromatic carbocycles. The van der Waals surface area contributed by atoms with Crippen LogP contribution in [0.5, 0.6) is 0 Å². The summed E-state index contributed by atoms with van der Waals surface area (Å²) in [6, 6.07) is 0. The van der Waals surface area contributed by atoms with Crippen LogP contribution in [0.1, 0.15) is 46.5 Å². The number of ether oxygens (including phenoxy) is 1. The van der Waals surface area contributed by atoms with Crippen molar-refractivity contribution < 1.29 is 19.4 Å². The summed E-state index contributed by atoms with van der Waals surface area (Å²) in [5.74, 6) is -0.924. The number of carbonyl (C=O) groups excluding carboxylic acids is 1. The Balaban J connectivity index is 2.58. The maximum atomic E-state index is 11.7. The van der Waals surface area contributed by atoms with Gasteiger partial charge in [-0.25, -0.2) is 4.79 Å². The number of hydrogen-bond donors (Lipinski definition) is 2. The number of amides is 1. The zero-order valence-electron chi connectivity index (χ0n) is 11.9. The second-order valence-corrected chi connectivity index (χ2v) is 5.86. The van der Waals surface area contributed by atoms with Gasteiger partial charge in [-0.1, -0.05) is 6.42 Å². The van der Waals surface area contributed by atoms with E-state index in [2.05, 4.69) is 5.32 Å². The molecule has 0 radical (unpaired) electrons. The molecule has 0 aliphatic carbocycles. The molecule has 1 rings (SSSR count). The first-order valence-electron chi connectivity index (χ1n) is 6.73. The number of carbonyl (C=O) groups is 2. The zero-order valence-corrected chi connectivity index (χ0v) is 11.9. The molecular formula is C13H24N2O4. The van der Waals surface area contributed by atoms with E-state index in [4.69, 9.17) is 9.84 Å². The predicted octanol–water partition coefficient (Wildman–Crippen LogP) is 1.80. The van der Waals surface area contributed by atoms with Crippen LogP contribution in [-0.4, -0.2) is 46.9 Å². The Morgan fingerprint density at radius 3 is 2.32 bits per heavy atom. The van der Waals surface area contributed by atoms with Gasteiger partial charge in [-0.05, 0) is 33.6 Å². The molecule has 1 aliphatic heterocycles. The molecule has 1 aliphatic rings. The highest BCUT2D eigenvalue weighted by Gasteiger charge is 2.26. The zero-order chi connectivity index (χ0) is 14.5. The number of carboxylic acid groups (broad SMARTS) is 1. The van der Waals surface area contributed by atoms with E-state index in [1.54, 1.807) is 20.8 Å². The molecule has 0 aromatic heterocycles. The largest absolute Gasteiger partial charge is 0.481 e. The highest BCUT2D eigenvalue weighted by Crippen LogP contribution is 2.14. The summed E-state index contributed by atoms with van der Waals surface area (Å²) >= 11 is 0. The molecule has 6 heteroatoms. The van der Waals surface area contributed by atoms with Gasteiger partial charge in [-0.3, -0.25) is 9.69 Å². The van der Waals surface area contributed by atoms with E-state index >= 15 is 0 Å². The second kappa shape index (κ2) is 6.75. The van der Waals surface area contributed by atoms with E-state index in [1.165, 1.54) is 0 Å². The SMILES string of the molecule is CC(C)(C)OC(=O)NC(CC(=O)O)N1CCCCC1. The lowest BCUT2D eigenvalue weighted by atomic mass is 10.1. The van der Waals surface area contributed by atoms with Crippen molar-refractivity contribution in [2.24, 2.45) is 0 Å². The molecule has 0 spiro atoms. The van der Waals surface area contributed by atoms with Crippen LogP contribution in [0, 0.1) is 0 Å². The van der Waals surface area contributed by atoms with Gasteiger partial charge < -0.3 is 15.2 Å². The highest BCUT2D eigenvalue weighted by molar-refractivity contribution is 5.71. The lowest BCUT2D eigenvalue weighted by Gasteiger charge is -2.34. The number of nitrogens with zero attached hydrogens (tertiary/aromatic N) is 1. The van der Waals surface area contributed by atoms with Crippen LogP contribution in [0.25, 0.3) is 0 Å². The fraction of sp³-hybridized carbons (Fsp3) is 0.846. The van der Waals surface area contributed by atoms with E-state index in [9.17, 15) is 9.59 Å². The quantitative estimate of drug-likeness (QED) is 0.815. The van der Waals surface area contributed by atoms with Gasteiger partial charge in [0.05, 0.1) is 12.6 Å². The molecule has 6 nitrogen and oxygen atoms in total. The molecule has 1 unspecified atom stereocenters. The van der Waals surface area contributed by atoms with Gasteiger partial charge in [0.15, 0.2) is 0 Å². The number of rotatable bonds is 4. The van der Waals surface area contributed by atoms with E-state index in [1.807, 2.05) is 4.90 Å². The molecular weight excluding hydrogens is 248 g/mol. The van der Waals surface area contributed by atoms with Gasteiger partial charge >= 0.3 is 12.1 Å². The summed E-state index contributed by atoms with van der Waals surface area (Å²) in [6.07, 6.45) is 2.05. The second-order valence-electron chi connectivity index (χ2n) is 5.86. The van der Waals surface area contributed by atoms with Gasteiger partial charge in [0.25, 0.3) is 0 Å². The Kier molecular flexibility index (Phi) is 5.60. The van der Waals surface area contributed by atoms with Crippen LogP contribution in [0.2, 0.25) is 0 Å². The van der Waals surface area contributed by atoms with Gasteiger partial charge in [0.1, 0.15) is 5.60 Å². The Hall–Kier alpha value is -1.30. The third-order valence-corrected chi connectivity index (χ3v) is 2.88. The van der Waals surface area contributed by atoms with Crippen LogP contribution in [0.4, 0.5) is 4.79 Å². The Labute approximate surface area is 114 Å². The number of hydrogen-bond acceptors (Lipinski definition) is 4. The minimum absolute atomic E-state index is 0.112. The topological polar surface area (TPSA) is 78.9 Å². The van der Waals surface area contributed by atoms with Crippen molar-refractivity contribution in [1.29, 1.82) is 0 Å². The Bertz CT molecular complexity index is 319. The Morgan fingerprint density at radius 1 is 1.26 bits per heavy atom. The molecule has 110 valence electrons. The van der Waals surface area contributed by atoms with Crippen LogP contribution >= 0.6 is 0 Å². The van der Waals surface area contributed by atoms with Crippen LogP contribution in [-0.2, 0) is 9.53 Å². The molecule has 1 amide bonds. The molecule has 0 aromatic rings. The van der Waals surface area contributed by atoms with E-state index < -0.39 is 23.8 Å². The van der Waals surface area contributed by atoms with Crippen molar-refractivity contribution in [1.82, 2.24) is 10.2 Å². The predicted molar refractivity (Wildman–Crippen MR) is 70.8 cm³/mol. The van der Waals surface area contributed by atoms with E-state index in [0.717, 1.165) is 32.4 Å². The number of nitrogens with one attached hydrogen (secondary N) is 1. The summed E-state index contributed by atoms with van der Waals surface area (Å²) in [7, 11) is 0. The molecule has 0 bridgehead atoms. The summed E-state index contributed by atoms with van der Waals surface area (Å²) in [5.41, 5.74) is -0.584. The molecule has 1 saturated heterocycles. The average Bonchev–Trinajstić information content (AvgIpc) is 2.26. The maximum Gasteiger partial charge on any atom is 0.408 e. The van der Waals surface area contributed by atoms with Crippen LogP contribution in [0.15, 0.2) is 0 Å². The summed E-state index contributed by atoms with van der Waals surface area (Å²) < 4.78 is 5.17. The van der Waals surface area contributed by atoms with Crippen molar-refractivity contribution >= 4 is 12.1 Å². The van der Waals surface area contributed by atoms with Crippen molar-refractivity contribution in [2.75, 3.05) is 13.1 Å². The normalized spacial score (nSPS) is 18.7. The van der Waals surface area contributed by atoms with Gasteiger partial charge in [-0.15, -0.1) is 0 Å².